The van der Waals surface area contributed by atoms with Gasteiger partial charge in [-0.05, 0) is 37.0 Å². The number of nitrogens with one attached hydrogen (secondary N) is 1. The van der Waals surface area contributed by atoms with Gasteiger partial charge in [0.1, 0.15) is 11.6 Å². The summed E-state index contributed by atoms with van der Waals surface area (Å²) < 4.78 is 26.6. The van der Waals surface area contributed by atoms with Gasteiger partial charge >= 0.3 is 0 Å². The first-order valence-electron chi connectivity index (χ1n) is 11.3. The Morgan fingerprint density at radius 1 is 0.818 bits per heavy atom. The van der Waals surface area contributed by atoms with E-state index in [4.69, 9.17) is 0 Å². The number of aryl methyl sites for hydroxylation is 1. The van der Waals surface area contributed by atoms with Crippen molar-refractivity contribution < 1.29 is 23.2 Å². The quantitative estimate of drug-likeness (QED) is 0.588. The Morgan fingerprint density at radius 2 is 1.42 bits per heavy atom. The molecule has 0 aliphatic carbocycles. The van der Waals surface area contributed by atoms with Gasteiger partial charge in [0, 0.05) is 51.6 Å². The van der Waals surface area contributed by atoms with Crippen LogP contribution in [0, 0.1) is 11.6 Å². The van der Waals surface area contributed by atoms with Gasteiger partial charge in [-0.2, -0.15) is 0 Å². The van der Waals surface area contributed by atoms with E-state index < -0.39 is 17.5 Å². The molecule has 0 radical (unpaired) electrons. The van der Waals surface area contributed by atoms with E-state index in [9.17, 15) is 23.2 Å². The van der Waals surface area contributed by atoms with Crippen LogP contribution in [-0.2, 0) is 16.0 Å². The number of piperazine rings is 1. The second kappa shape index (κ2) is 12.1. The zero-order valence-corrected chi connectivity index (χ0v) is 18.6. The average molecular weight is 458 g/mol. The van der Waals surface area contributed by atoms with Gasteiger partial charge in [-0.1, -0.05) is 30.3 Å². The summed E-state index contributed by atoms with van der Waals surface area (Å²) in [6, 6.07) is 12.8. The van der Waals surface area contributed by atoms with E-state index >= 15 is 0 Å². The van der Waals surface area contributed by atoms with E-state index in [-0.39, 0.29) is 30.3 Å². The molecule has 8 heteroatoms. The summed E-state index contributed by atoms with van der Waals surface area (Å²) in [5.41, 5.74) is 0.993. The molecule has 3 rings (SSSR count). The van der Waals surface area contributed by atoms with Crippen molar-refractivity contribution in [3.05, 3.63) is 71.3 Å². The van der Waals surface area contributed by atoms with Gasteiger partial charge in [0.05, 0.1) is 5.56 Å². The molecule has 0 saturated carbocycles. The van der Waals surface area contributed by atoms with Crippen LogP contribution in [0.1, 0.15) is 41.6 Å². The minimum Gasteiger partial charge on any atom is -0.352 e. The molecule has 1 fully saturated rings. The Balaban J connectivity index is 1.30. The molecule has 6 nitrogen and oxygen atoms in total. The summed E-state index contributed by atoms with van der Waals surface area (Å²) in [4.78, 5) is 40.4. The molecular weight excluding hydrogens is 428 g/mol. The molecule has 0 atom stereocenters. The highest BCUT2D eigenvalue weighted by Crippen LogP contribution is 2.11. The third-order valence-corrected chi connectivity index (χ3v) is 5.71. The number of nitrogens with zero attached hydrogens (tertiary/aromatic N) is 2. The van der Waals surface area contributed by atoms with Gasteiger partial charge in [0.2, 0.25) is 11.8 Å². The highest BCUT2D eigenvalue weighted by atomic mass is 19.1. The van der Waals surface area contributed by atoms with Crippen molar-refractivity contribution in [1.82, 2.24) is 15.1 Å². The monoisotopic (exact) mass is 457 g/mol. The smallest absolute Gasteiger partial charge is 0.254 e. The van der Waals surface area contributed by atoms with E-state index in [1.54, 1.807) is 4.90 Å². The van der Waals surface area contributed by atoms with Crippen LogP contribution in [0.15, 0.2) is 48.5 Å². The number of halogens is 2. The van der Waals surface area contributed by atoms with Gasteiger partial charge in [0.15, 0.2) is 0 Å². The van der Waals surface area contributed by atoms with E-state index in [0.717, 1.165) is 25.0 Å². The fourth-order valence-corrected chi connectivity index (χ4v) is 3.82. The van der Waals surface area contributed by atoms with Gasteiger partial charge in [-0.3, -0.25) is 14.4 Å². The molecule has 3 amide bonds. The normalized spacial score (nSPS) is 13.6. The first-order valence-corrected chi connectivity index (χ1v) is 11.3. The largest absolute Gasteiger partial charge is 0.352 e. The van der Waals surface area contributed by atoms with Crippen molar-refractivity contribution in [3.8, 4) is 0 Å². The number of carbonyl (C=O) groups is 3. The standard InChI is InChI=1S/C25H29F2N3O3/c26-20-11-12-21(22(27)18-20)25(33)28-13-5-10-24(32)30-16-14-29(15-17-30)23(31)9-4-8-19-6-2-1-3-7-19/h1-3,6-7,11-12,18H,4-5,8-10,13-17H2,(H,28,33). The zero-order chi connectivity index (χ0) is 23.6. The Bertz CT molecular complexity index is 961. The van der Waals surface area contributed by atoms with Crippen LogP contribution in [0.3, 0.4) is 0 Å². The summed E-state index contributed by atoms with van der Waals surface area (Å²) in [7, 11) is 0. The maximum absolute atomic E-state index is 13.6. The maximum Gasteiger partial charge on any atom is 0.254 e. The van der Waals surface area contributed by atoms with E-state index in [1.165, 1.54) is 5.56 Å². The predicted molar refractivity (Wildman–Crippen MR) is 120 cm³/mol. The van der Waals surface area contributed by atoms with Crippen molar-refractivity contribution in [2.45, 2.75) is 32.1 Å². The first-order chi connectivity index (χ1) is 15.9. The van der Waals surface area contributed by atoms with Crippen LogP contribution in [0.4, 0.5) is 8.78 Å². The van der Waals surface area contributed by atoms with Gasteiger partial charge < -0.3 is 15.1 Å². The van der Waals surface area contributed by atoms with Gasteiger partial charge in [-0.15, -0.1) is 0 Å². The minimum absolute atomic E-state index is 0.0339. The Kier molecular flexibility index (Phi) is 8.92. The highest BCUT2D eigenvalue weighted by Gasteiger charge is 2.23. The third kappa shape index (κ3) is 7.37. The van der Waals surface area contributed by atoms with Crippen LogP contribution >= 0.6 is 0 Å². The maximum atomic E-state index is 13.6. The van der Waals surface area contributed by atoms with Crippen LogP contribution in [0.25, 0.3) is 0 Å². The fourth-order valence-electron chi connectivity index (χ4n) is 3.82. The first kappa shape index (κ1) is 24.4. The number of benzene rings is 2. The number of rotatable bonds is 9. The van der Waals surface area contributed by atoms with Crippen LogP contribution in [0.5, 0.6) is 0 Å². The summed E-state index contributed by atoms with van der Waals surface area (Å²) in [6.07, 6.45) is 2.82. The lowest BCUT2D eigenvalue weighted by molar-refractivity contribution is -0.139. The fraction of sp³-hybridized carbons (Fsp3) is 0.400. The predicted octanol–water partition coefficient (Wildman–Crippen LogP) is 3.17. The molecule has 1 saturated heterocycles. The van der Waals surface area contributed by atoms with Crippen LogP contribution < -0.4 is 5.32 Å². The number of hydrogen-bond acceptors (Lipinski definition) is 3. The number of amides is 3. The lowest BCUT2D eigenvalue weighted by Gasteiger charge is -2.35. The van der Waals surface area contributed by atoms with Crippen molar-refractivity contribution in [2.75, 3.05) is 32.7 Å². The zero-order valence-electron chi connectivity index (χ0n) is 18.6. The van der Waals surface area contributed by atoms with E-state index in [2.05, 4.69) is 17.4 Å². The molecule has 2 aromatic rings. The molecule has 0 spiro atoms. The van der Waals surface area contributed by atoms with Gasteiger partial charge in [-0.25, -0.2) is 8.78 Å². The Labute approximate surface area is 192 Å². The Morgan fingerprint density at radius 3 is 2.03 bits per heavy atom. The summed E-state index contributed by atoms with van der Waals surface area (Å²) in [5.74, 6) is -2.22. The molecule has 0 aromatic heterocycles. The number of hydrogen-bond donors (Lipinski definition) is 1. The van der Waals surface area contributed by atoms with Crippen LogP contribution in [-0.4, -0.2) is 60.2 Å². The summed E-state index contributed by atoms with van der Waals surface area (Å²) in [6.45, 7) is 2.25. The SMILES string of the molecule is O=C(NCCCC(=O)N1CCN(C(=O)CCCc2ccccc2)CC1)c1ccc(F)cc1F. The molecule has 1 aliphatic rings. The lowest BCUT2D eigenvalue weighted by Crippen LogP contribution is -2.50. The van der Waals surface area contributed by atoms with E-state index in [0.29, 0.717) is 45.1 Å². The summed E-state index contributed by atoms with van der Waals surface area (Å²) >= 11 is 0. The molecule has 33 heavy (non-hydrogen) atoms. The minimum atomic E-state index is -0.920. The van der Waals surface area contributed by atoms with Crippen molar-refractivity contribution in [3.63, 3.8) is 0 Å². The molecule has 1 aliphatic heterocycles. The van der Waals surface area contributed by atoms with Gasteiger partial charge in [0.25, 0.3) is 5.91 Å². The molecule has 1 heterocycles. The molecule has 176 valence electrons. The van der Waals surface area contributed by atoms with Crippen molar-refractivity contribution in [2.24, 2.45) is 0 Å². The third-order valence-electron chi connectivity index (χ3n) is 5.71. The molecule has 0 unspecified atom stereocenters. The highest BCUT2D eigenvalue weighted by molar-refractivity contribution is 5.94. The molecular formula is C25H29F2N3O3. The van der Waals surface area contributed by atoms with Crippen molar-refractivity contribution >= 4 is 17.7 Å². The topological polar surface area (TPSA) is 69.7 Å². The van der Waals surface area contributed by atoms with Crippen molar-refractivity contribution in [1.29, 1.82) is 0 Å². The summed E-state index contributed by atoms with van der Waals surface area (Å²) in [5, 5.41) is 2.55. The second-order valence-corrected chi connectivity index (χ2v) is 8.08. The lowest BCUT2D eigenvalue weighted by atomic mass is 10.1. The van der Waals surface area contributed by atoms with E-state index in [1.807, 2.05) is 23.1 Å². The molecule has 1 N–H and O–H groups in total. The number of carbonyl (C=O) groups excluding carboxylic acids is 3. The Hall–Kier alpha value is -3.29. The van der Waals surface area contributed by atoms with Crippen LogP contribution in [0.2, 0.25) is 0 Å². The second-order valence-electron chi connectivity index (χ2n) is 8.08. The molecule has 2 aromatic carbocycles. The molecule has 0 bridgehead atoms. The average Bonchev–Trinajstić information content (AvgIpc) is 2.82.